The third-order valence-electron chi connectivity index (χ3n) is 2.64. The number of carbonyl (C=O) groups is 1. The summed E-state index contributed by atoms with van der Waals surface area (Å²) in [5.74, 6) is 0.314. The SMILES string of the molecule is I.N=C(N)N1CCN(C(=O)c2ccco2)CC1. The van der Waals surface area contributed by atoms with Gasteiger partial charge in [0.05, 0.1) is 6.26 Å². The van der Waals surface area contributed by atoms with Crippen LogP contribution in [0.3, 0.4) is 0 Å². The molecule has 1 amide bonds. The Labute approximate surface area is 116 Å². The zero-order valence-electron chi connectivity index (χ0n) is 9.26. The molecule has 94 valence electrons. The van der Waals surface area contributed by atoms with Crippen LogP contribution in [-0.2, 0) is 0 Å². The maximum absolute atomic E-state index is 11.9. The summed E-state index contributed by atoms with van der Waals surface area (Å²) in [6.07, 6.45) is 1.49. The van der Waals surface area contributed by atoms with Crippen LogP contribution in [-0.4, -0.2) is 47.8 Å². The molecule has 2 rings (SSSR count). The van der Waals surface area contributed by atoms with Gasteiger partial charge < -0.3 is 20.0 Å². The minimum atomic E-state index is -0.104. The number of nitrogens with two attached hydrogens (primary N) is 1. The average Bonchev–Trinajstić information content (AvgIpc) is 2.81. The molecule has 1 fully saturated rings. The van der Waals surface area contributed by atoms with Gasteiger partial charge in [0.2, 0.25) is 0 Å². The molecule has 1 aromatic heterocycles. The molecule has 0 aromatic carbocycles. The molecule has 0 bridgehead atoms. The van der Waals surface area contributed by atoms with E-state index in [1.165, 1.54) is 6.26 Å². The second-order valence-corrected chi connectivity index (χ2v) is 3.64. The summed E-state index contributed by atoms with van der Waals surface area (Å²) < 4.78 is 5.05. The number of amides is 1. The van der Waals surface area contributed by atoms with Crippen molar-refractivity contribution in [3.8, 4) is 0 Å². The van der Waals surface area contributed by atoms with Crippen molar-refractivity contribution in [2.24, 2.45) is 5.73 Å². The van der Waals surface area contributed by atoms with Crippen molar-refractivity contribution >= 4 is 35.8 Å². The first-order valence-corrected chi connectivity index (χ1v) is 5.10. The van der Waals surface area contributed by atoms with Gasteiger partial charge in [0.25, 0.3) is 5.91 Å². The first kappa shape index (κ1) is 13.8. The van der Waals surface area contributed by atoms with Crippen LogP contribution >= 0.6 is 24.0 Å². The molecule has 0 saturated carbocycles. The van der Waals surface area contributed by atoms with Crippen molar-refractivity contribution in [1.82, 2.24) is 9.80 Å². The summed E-state index contributed by atoms with van der Waals surface area (Å²) in [6.45, 7) is 2.34. The maximum atomic E-state index is 11.9. The zero-order valence-corrected chi connectivity index (χ0v) is 11.6. The van der Waals surface area contributed by atoms with Crippen molar-refractivity contribution in [2.45, 2.75) is 0 Å². The summed E-state index contributed by atoms with van der Waals surface area (Å²) in [7, 11) is 0. The molecule has 1 aromatic rings. The number of nitrogens with one attached hydrogen (secondary N) is 1. The van der Waals surface area contributed by atoms with Crippen molar-refractivity contribution in [2.75, 3.05) is 26.2 Å². The number of piperazine rings is 1. The Morgan fingerprint density at radius 2 is 1.88 bits per heavy atom. The van der Waals surface area contributed by atoms with Gasteiger partial charge in [-0.3, -0.25) is 10.2 Å². The molecule has 0 aliphatic carbocycles. The zero-order chi connectivity index (χ0) is 11.5. The summed E-state index contributed by atoms with van der Waals surface area (Å²) in [4.78, 5) is 15.3. The minimum absolute atomic E-state index is 0. The number of rotatable bonds is 1. The van der Waals surface area contributed by atoms with Crippen molar-refractivity contribution in [3.63, 3.8) is 0 Å². The monoisotopic (exact) mass is 350 g/mol. The number of hydrogen-bond donors (Lipinski definition) is 2. The van der Waals surface area contributed by atoms with E-state index in [0.717, 1.165) is 0 Å². The molecule has 1 aliphatic rings. The Morgan fingerprint density at radius 1 is 1.29 bits per heavy atom. The van der Waals surface area contributed by atoms with Crippen LogP contribution in [0.4, 0.5) is 0 Å². The van der Waals surface area contributed by atoms with E-state index in [2.05, 4.69) is 0 Å². The van der Waals surface area contributed by atoms with Crippen molar-refractivity contribution in [1.29, 1.82) is 5.41 Å². The topological polar surface area (TPSA) is 86.6 Å². The molecule has 17 heavy (non-hydrogen) atoms. The fourth-order valence-electron chi connectivity index (χ4n) is 1.71. The van der Waals surface area contributed by atoms with Crippen LogP contribution < -0.4 is 5.73 Å². The molecule has 2 heterocycles. The standard InChI is InChI=1S/C10H14N4O2.HI/c11-10(12)14-5-3-13(4-6-14)9(15)8-2-1-7-16-8;/h1-2,7H,3-6H2,(H3,11,12);1H. The number of halogens is 1. The quantitative estimate of drug-likeness (QED) is 0.440. The minimum Gasteiger partial charge on any atom is -0.459 e. The van der Waals surface area contributed by atoms with Gasteiger partial charge >= 0.3 is 0 Å². The molecule has 1 aliphatic heterocycles. The predicted molar refractivity (Wildman–Crippen MR) is 73.5 cm³/mol. The highest BCUT2D eigenvalue weighted by Crippen LogP contribution is 2.08. The highest BCUT2D eigenvalue weighted by Gasteiger charge is 2.23. The molecule has 0 unspecified atom stereocenters. The lowest BCUT2D eigenvalue weighted by molar-refractivity contribution is 0.0658. The van der Waals surface area contributed by atoms with Crippen LogP contribution in [0.25, 0.3) is 0 Å². The third-order valence-corrected chi connectivity index (χ3v) is 2.64. The fraction of sp³-hybridized carbons (Fsp3) is 0.400. The highest BCUT2D eigenvalue weighted by atomic mass is 127. The fourth-order valence-corrected chi connectivity index (χ4v) is 1.71. The molecule has 0 radical (unpaired) electrons. The molecule has 0 spiro atoms. The van der Waals surface area contributed by atoms with E-state index >= 15 is 0 Å². The second kappa shape index (κ2) is 5.89. The Morgan fingerprint density at radius 3 is 2.35 bits per heavy atom. The first-order chi connectivity index (χ1) is 7.68. The van der Waals surface area contributed by atoms with E-state index in [-0.39, 0.29) is 35.8 Å². The Kier molecular flexibility index (Phi) is 4.79. The third kappa shape index (κ3) is 3.11. The van der Waals surface area contributed by atoms with Crippen molar-refractivity contribution < 1.29 is 9.21 Å². The molecule has 7 heteroatoms. The van der Waals surface area contributed by atoms with Crippen LogP contribution in [0.2, 0.25) is 0 Å². The summed E-state index contributed by atoms with van der Waals surface area (Å²) in [6, 6.07) is 3.35. The van der Waals surface area contributed by atoms with Gasteiger partial charge in [0.15, 0.2) is 11.7 Å². The lowest BCUT2D eigenvalue weighted by atomic mass is 10.3. The van der Waals surface area contributed by atoms with Crippen LogP contribution in [0, 0.1) is 5.41 Å². The lowest BCUT2D eigenvalue weighted by Gasteiger charge is -2.34. The summed E-state index contributed by atoms with van der Waals surface area (Å²) in [5.41, 5.74) is 5.37. The summed E-state index contributed by atoms with van der Waals surface area (Å²) in [5, 5.41) is 7.28. The smallest absolute Gasteiger partial charge is 0.289 e. The Hall–Kier alpha value is -1.25. The second-order valence-electron chi connectivity index (χ2n) is 3.64. The van der Waals surface area contributed by atoms with Gasteiger partial charge in [-0.05, 0) is 12.1 Å². The van der Waals surface area contributed by atoms with Crippen LogP contribution in [0.15, 0.2) is 22.8 Å². The van der Waals surface area contributed by atoms with Gasteiger partial charge in [0.1, 0.15) is 0 Å². The van der Waals surface area contributed by atoms with Crippen LogP contribution in [0.5, 0.6) is 0 Å². The highest BCUT2D eigenvalue weighted by molar-refractivity contribution is 14.0. The van der Waals surface area contributed by atoms with E-state index in [9.17, 15) is 4.79 Å². The lowest BCUT2D eigenvalue weighted by Crippen LogP contribution is -2.52. The van der Waals surface area contributed by atoms with Gasteiger partial charge in [-0.2, -0.15) is 0 Å². The molecule has 3 N–H and O–H groups in total. The molecule has 0 atom stereocenters. The number of carbonyl (C=O) groups excluding carboxylic acids is 1. The van der Waals surface area contributed by atoms with E-state index in [0.29, 0.717) is 31.9 Å². The van der Waals surface area contributed by atoms with E-state index in [4.69, 9.17) is 15.6 Å². The molecule has 1 saturated heterocycles. The Bertz CT molecular complexity index is 385. The predicted octanol–water partition coefficient (Wildman–Crippen LogP) is 0.549. The largest absolute Gasteiger partial charge is 0.459 e. The van der Waals surface area contributed by atoms with Gasteiger partial charge in [-0.1, -0.05) is 0 Å². The van der Waals surface area contributed by atoms with E-state index < -0.39 is 0 Å². The number of furan rings is 1. The normalized spacial score (nSPS) is 15.3. The summed E-state index contributed by atoms with van der Waals surface area (Å²) >= 11 is 0. The molecular weight excluding hydrogens is 335 g/mol. The van der Waals surface area contributed by atoms with Gasteiger partial charge in [-0.25, -0.2) is 0 Å². The first-order valence-electron chi connectivity index (χ1n) is 5.10. The number of hydrogen-bond acceptors (Lipinski definition) is 3. The number of guanidine groups is 1. The van der Waals surface area contributed by atoms with Gasteiger partial charge in [0, 0.05) is 26.2 Å². The molecular formula is C10H15IN4O2. The Balaban J connectivity index is 0.00000144. The average molecular weight is 350 g/mol. The van der Waals surface area contributed by atoms with E-state index in [1.54, 1.807) is 21.9 Å². The molecule has 6 nitrogen and oxygen atoms in total. The number of nitrogens with zero attached hydrogens (tertiary/aromatic N) is 2. The van der Waals surface area contributed by atoms with Crippen LogP contribution in [0.1, 0.15) is 10.6 Å². The van der Waals surface area contributed by atoms with E-state index in [1.807, 2.05) is 0 Å². The van der Waals surface area contributed by atoms with Crippen molar-refractivity contribution in [3.05, 3.63) is 24.2 Å². The van der Waals surface area contributed by atoms with Gasteiger partial charge in [-0.15, -0.1) is 24.0 Å². The maximum Gasteiger partial charge on any atom is 0.289 e.